The van der Waals surface area contributed by atoms with Crippen molar-refractivity contribution in [3.63, 3.8) is 0 Å². The summed E-state index contributed by atoms with van der Waals surface area (Å²) in [4.78, 5) is 26.5. The molecule has 0 aliphatic carbocycles. The van der Waals surface area contributed by atoms with Crippen molar-refractivity contribution in [1.29, 1.82) is 0 Å². The third kappa shape index (κ3) is 2.64. The minimum Gasteiger partial charge on any atom is -0.326 e. The Balaban J connectivity index is 1.94. The summed E-state index contributed by atoms with van der Waals surface area (Å²) in [5.41, 5.74) is 8.70. The highest BCUT2D eigenvalue weighted by atomic mass is 16.2. The largest absolute Gasteiger partial charge is 0.326 e. The van der Waals surface area contributed by atoms with Gasteiger partial charge in [0.25, 0.3) is 0 Å². The molecule has 0 saturated heterocycles. The number of rotatable bonds is 2. The van der Waals surface area contributed by atoms with Gasteiger partial charge in [0.05, 0.1) is 11.4 Å². The predicted molar refractivity (Wildman–Crippen MR) is 98.7 cm³/mol. The van der Waals surface area contributed by atoms with Crippen LogP contribution in [0.3, 0.4) is 0 Å². The van der Waals surface area contributed by atoms with Gasteiger partial charge in [-0.25, -0.2) is 0 Å². The first-order chi connectivity index (χ1) is 12.2. The zero-order valence-corrected chi connectivity index (χ0v) is 13.5. The first-order valence-corrected chi connectivity index (χ1v) is 8.11. The summed E-state index contributed by atoms with van der Waals surface area (Å²) in [6.07, 6.45) is -0.193. The number of hydrogen-bond acceptors (Lipinski definition) is 3. The Morgan fingerprint density at radius 3 is 2.48 bits per heavy atom. The number of nitrogens with one attached hydrogen (secondary N) is 1. The van der Waals surface area contributed by atoms with Crippen LogP contribution in [0.5, 0.6) is 0 Å². The Kier molecular flexibility index (Phi) is 3.71. The normalized spacial score (nSPS) is 14.2. The predicted octanol–water partition coefficient (Wildman–Crippen LogP) is 3.31. The van der Waals surface area contributed by atoms with E-state index in [1.54, 1.807) is 4.90 Å². The SMILES string of the molecule is NCc1ccc(N2C(=O)CC(=O)Nc3c2ccc2ccccc32)cc1. The van der Waals surface area contributed by atoms with Gasteiger partial charge in [-0.2, -0.15) is 0 Å². The highest BCUT2D eigenvalue weighted by Crippen LogP contribution is 2.39. The van der Waals surface area contributed by atoms with Crippen molar-refractivity contribution in [3.05, 3.63) is 66.2 Å². The second kappa shape index (κ2) is 6.03. The second-order valence-corrected chi connectivity index (χ2v) is 6.01. The molecule has 4 rings (SSSR count). The summed E-state index contributed by atoms with van der Waals surface area (Å²) in [5.74, 6) is -0.560. The van der Waals surface area contributed by atoms with Gasteiger partial charge in [-0.1, -0.05) is 42.5 Å². The molecule has 0 radical (unpaired) electrons. The number of fused-ring (bicyclic) bond motifs is 3. The van der Waals surface area contributed by atoms with E-state index in [9.17, 15) is 9.59 Å². The van der Waals surface area contributed by atoms with Crippen LogP contribution in [-0.2, 0) is 16.1 Å². The molecule has 124 valence electrons. The Morgan fingerprint density at radius 1 is 0.960 bits per heavy atom. The van der Waals surface area contributed by atoms with Crippen LogP contribution in [0.25, 0.3) is 10.8 Å². The first kappa shape index (κ1) is 15.4. The Bertz CT molecular complexity index is 980. The Hall–Kier alpha value is -3.18. The molecular weight excluding hydrogens is 314 g/mol. The maximum absolute atomic E-state index is 12.7. The fraction of sp³-hybridized carbons (Fsp3) is 0.100. The molecule has 25 heavy (non-hydrogen) atoms. The van der Waals surface area contributed by atoms with Gasteiger partial charge in [0.1, 0.15) is 6.42 Å². The van der Waals surface area contributed by atoms with Crippen LogP contribution in [-0.4, -0.2) is 11.8 Å². The van der Waals surface area contributed by atoms with E-state index in [1.165, 1.54) is 0 Å². The second-order valence-electron chi connectivity index (χ2n) is 6.01. The summed E-state index contributed by atoms with van der Waals surface area (Å²) in [7, 11) is 0. The summed E-state index contributed by atoms with van der Waals surface area (Å²) in [6.45, 7) is 0.440. The van der Waals surface area contributed by atoms with Crippen molar-refractivity contribution in [3.8, 4) is 0 Å². The van der Waals surface area contributed by atoms with Crippen molar-refractivity contribution in [2.45, 2.75) is 13.0 Å². The van der Waals surface area contributed by atoms with Crippen molar-refractivity contribution in [1.82, 2.24) is 0 Å². The lowest BCUT2D eigenvalue weighted by Gasteiger charge is -2.23. The fourth-order valence-electron chi connectivity index (χ4n) is 3.18. The number of hydrogen-bond donors (Lipinski definition) is 2. The zero-order valence-electron chi connectivity index (χ0n) is 13.5. The average molecular weight is 331 g/mol. The minimum atomic E-state index is -0.302. The van der Waals surface area contributed by atoms with E-state index in [2.05, 4.69) is 5.32 Å². The van der Waals surface area contributed by atoms with Crippen LogP contribution in [0.2, 0.25) is 0 Å². The molecule has 2 amide bonds. The van der Waals surface area contributed by atoms with E-state index in [0.717, 1.165) is 22.0 Å². The number of carbonyl (C=O) groups is 2. The van der Waals surface area contributed by atoms with E-state index < -0.39 is 0 Å². The maximum Gasteiger partial charge on any atom is 0.241 e. The monoisotopic (exact) mass is 331 g/mol. The van der Waals surface area contributed by atoms with E-state index in [0.29, 0.717) is 17.9 Å². The van der Waals surface area contributed by atoms with Crippen LogP contribution < -0.4 is 16.0 Å². The van der Waals surface area contributed by atoms with Gasteiger partial charge in [0, 0.05) is 17.6 Å². The molecule has 0 unspecified atom stereocenters. The van der Waals surface area contributed by atoms with E-state index in [4.69, 9.17) is 5.73 Å². The van der Waals surface area contributed by atoms with Gasteiger partial charge in [0.15, 0.2) is 0 Å². The molecule has 1 aliphatic rings. The van der Waals surface area contributed by atoms with Gasteiger partial charge in [-0.15, -0.1) is 0 Å². The average Bonchev–Trinajstić information content (AvgIpc) is 2.76. The van der Waals surface area contributed by atoms with E-state index in [1.807, 2.05) is 60.7 Å². The minimum absolute atomic E-state index is 0.193. The van der Waals surface area contributed by atoms with Crippen molar-refractivity contribution >= 4 is 39.6 Å². The molecule has 3 aromatic rings. The molecule has 5 nitrogen and oxygen atoms in total. The molecule has 0 aromatic heterocycles. The highest BCUT2D eigenvalue weighted by Gasteiger charge is 2.28. The first-order valence-electron chi connectivity index (χ1n) is 8.11. The van der Waals surface area contributed by atoms with Gasteiger partial charge < -0.3 is 11.1 Å². The third-order valence-electron chi connectivity index (χ3n) is 4.40. The Morgan fingerprint density at radius 2 is 1.72 bits per heavy atom. The van der Waals surface area contributed by atoms with E-state index in [-0.39, 0.29) is 18.2 Å². The number of anilines is 3. The standard InChI is InChI=1S/C20H17N3O2/c21-12-13-5-8-15(9-6-13)23-17-10-7-14-3-1-2-4-16(14)20(17)22-18(24)11-19(23)25/h1-10H,11-12,21H2,(H,22,24). The lowest BCUT2D eigenvalue weighted by Crippen LogP contribution is -2.26. The van der Waals surface area contributed by atoms with Crippen molar-refractivity contribution in [2.24, 2.45) is 5.73 Å². The lowest BCUT2D eigenvalue weighted by molar-refractivity contribution is -0.124. The number of nitrogens with two attached hydrogens (primary N) is 1. The molecule has 3 aromatic carbocycles. The summed E-state index contributed by atoms with van der Waals surface area (Å²) < 4.78 is 0. The van der Waals surface area contributed by atoms with Gasteiger partial charge in [-0.05, 0) is 29.1 Å². The highest BCUT2D eigenvalue weighted by molar-refractivity contribution is 6.21. The summed E-state index contributed by atoms with van der Waals surface area (Å²) >= 11 is 0. The molecule has 1 aliphatic heterocycles. The quantitative estimate of drug-likeness (QED) is 0.708. The van der Waals surface area contributed by atoms with Crippen LogP contribution in [0, 0.1) is 0 Å². The topological polar surface area (TPSA) is 75.4 Å². The number of nitrogens with zero attached hydrogens (tertiary/aromatic N) is 1. The number of benzene rings is 3. The Labute approximate surface area is 145 Å². The molecule has 1 heterocycles. The molecule has 0 saturated carbocycles. The van der Waals surface area contributed by atoms with Gasteiger partial charge in [-0.3, -0.25) is 14.5 Å². The number of amides is 2. The summed E-state index contributed by atoms with van der Waals surface area (Å²) in [5, 5.41) is 4.81. The third-order valence-corrected chi connectivity index (χ3v) is 4.40. The molecule has 0 atom stereocenters. The van der Waals surface area contributed by atoms with Crippen LogP contribution in [0.1, 0.15) is 12.0 Å². The maximum atomic E-state index is 12.7. The zero-order chi connectivity index (χ0) is 17.4. The van der Waals surface area contributed by atoms with Crippen LogP contribution in [0.15, 0.2) is 60.7 Å². The molecule has 0 fully saturated rings. The van der Waals surface area contributed by atoms with Crippen molar-refractivity contribution in [2.75, 3.05) is 10.2 Å². The molecular formula is C20H17N3O2. The lowest BCUT2D eigenvalue weighted by atomic mass is 10.1. The molecule has 0 bridgehead atoms. The van der Waals surface area contributed by atoms with Crippen LogP contribution in [0.4, 0.5) is 17.1 Å². The van der Waals surface area contributed by atoms with Gasteiger partial charge >= 0.3 is 0 Å². The fourth-order valence-corrected chi connectivity index (χ4v) is 3.18. The molecule has 3 N–H and O–H groups in total. The van der Waals surface area contributed by atoms with Gasteiger partial charge in [0.2, 0.25) is 11.8 Å². The smallest absolute Gasteiger partial charge is 0.241 e. The van der Waals surface area contributed by atoms with Crippen molar-refractivity contribution < 1.29 is 9.59 Å². The number of carbonyl (C=O) groups excluding carboxylic acids is 2. The molecule has 5 heteroatoms. The van der Waals surface area contributed by atoms with E-state index >= 15 is 0 Å². The molecule has 0 spiro atoms. The van der Waals surface area contributed by atoms with Crippen LogP contribution >= 0.6 is 0 Å². The summed E-state index contributed by atoms with van der Waals surface area (Å²) in [6, 6.07) is 19.1.